The maximum Gasteiger partial charge on any atom is 0.323 e. The Balaban J connectivity index is 2.08. The normalized spacial score (nSPS) is 12.9. The molecule has 0 saturated heterocycles. The van der Waals surface area contributed by atoms with E-state index in [4.69, 9.17) is 14.2 Å². The molecule has 0 amide bonds. The molecular weight excluding hydrogens is 552 g/mol. The smallest absolute Gasteiger partial charge is 0.323 e. The van der Waals surface area contributed by atoms with Gasteiger partial charge in [-0.1, -0.05) is 58.6 Å². The molecule has 2 aromatic heterocycles. The van der Waals surface area contributed by atoms with Crippen LogP contribution in [0.1, 0.15) is 32.3 Å². The molecule has 11 nitrogen and oxygen atoms in total. The van der Waals surface area contributed by atoms with E-state index in [1.54, 1.807) is 12.3 Å². The van der Waals surface area contributed by atoms with Crippen LogP contribution in [-0.4, -0.2) is 66.8 Å². The van der Waals surface area contributed by atoms with Crippen molar-refractivity contribution in [2.45, 2.75) is 64.3 Å². The maximum atomic E-state index is 13.0. The van der Waals surface area contributed by atoms with Gasteiger partial charge < -0.3 is 19.3 Å². The van der Waals surface area contributed by atoms with E-state index in [-0.39, 0.29) is 18.7 Å². The molecule has 1 aromatic carbocycles. The summed E-state index contributed by atoms with van der Waals surface area (Å²) < 4.78 is 44.9. The Morgan fingerprint density at radius 2 is 1.88 bits per heavy atom. The van der Waals surface area contributed by atoms with Crippen LogP contribution >= 0.6 is 0 Å². The van der Waals surface area contributed by atoms with Gasteiger partial charge in [-0.05, 0) is 29.2 Å². The van der Waals surface area contributed by atoms with Gasteiger partial charge in [0.25, 0.3) is 5.16 Å². The van der Waals surface area contributed by atoms with E-state index in [1.165, 1.54) is 18.7 Å². The van der Waals surface area contributed by atoms with E-state index in [9.17, 15) is 18.3 Å². The van der Waals surface area contributed by atoms with Crippen LogP contribution in [0.5, 0.6) is 17.6 Å². The lowest BCUT2D eigenvalue weighted by Crippen LogP contribution is -2.22. The largest absolute Gasteiger partial charge is 0.481 e. The van der Waals surface area contributed by atoms with Crippen LogP contribution in [0.25, 0.3) is 11.1 Å². The number of aliphatic carboxylic acids is 1. The fraction of sp³-hybridized carbons (Fsp3) is 0.481. The van der Waals surface area contributed by atoms with E-state index in [0.29, 0.717) is 18.2 Å². The van der Waals surface area contributed by atoms with Gasteiger partial charge in [-0.25, -0.2) is 13.4 Å². The van der Waals surface area contributed by atoms with Crippen molar-refractivity contribution in [1.29, 1.82) is 0 Å². The molecule has 1 unspecified atom stereocenters. The predicted molar refractivity (Wildman–Crippen MR) is 153 cm³/mol. The van der Waals surface area contributed by atoms with Crippen LogP contribution in [0, 0.1) is 5.92 Å². The molecule has 1 atom stereocenters. The summed E-state index contributed by atoms with van der Waals surface area (Å²) >= 11 is 0. The first-order valence-electron chi connectivity index (χ1n) is 13.0. The van der Waals surface area contributed by atoms with Gasteiger partial charge in [0.15, 0.2) is 0 Å². The first kappa shape index (κ1) is 31.2. The van der Waals surface area contributed by atoms with Gasteiger partial charge in [-0.2, -0.15) is 9.67 Å². The molecule has 1 N–H and O–H groups in total. The summed E-state index contributed by atoms with van der Waals surface area (Å²) in [7, 11) is -3.96. The van der Waals surface area contributed by atoms with Crippen LogP contribution in [0.2, 0.25) is 25.7 Å². The number of benzene rings is 1. The van der Waals surface area contributed by atoms with Crippen molar-refractivity contribution in [2.24, 2.45) is 5.92 Å². The third-order valence-electron chi connectivity index (χ3n) is 6.11. The summed E-state index contributed by atoms with van der Waals surface area (Å²) in [6.45, 7) is 12.4. The van der Waals surface area contributed by atoms with Crippen molar-refractivity contribution in [1.82, 2.24) is 19.7 Å². The van der Waals surface area contributed by atoms with Gasteiger partial charge in [0, 0.05) is 32.5 Å². The molecule has 0 spiro atoms. The molecule has 40 heavy (non-hydrogen) atoms. The second-order valence-corrected chi connectivity index (χ2v) is 18.7. The highest BCUT2D eigenvalue weighted by Crippen LogP contribution is 2.40. The summed E-state index contributed by atoms with van der Waals surface area (Å²) in [6.07, 6.45) is 1.63. The number of aromatic nitrogens is 4. The number of methoxy groups -OCH3 is 1. The third-order valence-corrected chi connectivity index (χ3v) is 9.49. The number of para-hydroxylation sites is 1. The fourth-order valence-corrected chi connectivity index (χ4v) is 5.88. The minimum absolute atomic E-state index is 0.0580. The van der Waals surface area contributed by atoms with Crippen molar-refractivity contribution in [2.75, 3.05) is 19.5 Å². The van der Waals surface area contributed by atoms with Crippen molar-refractivity contribution < 1.29 is 32.5 Å². The maximum absolute atomic E-state index is 13.0. The minimum Gasteiger partial charge on any atom is -0.481 e. The number of ether oxygens (including phenoxy) is 3. The lowest BCUT2D eigenvalue weighted by Gasteiger charge is -2.18. The average Bonchev–Trinajstić information content (AvgIpc) is 3.29. The Bertz CT molecular complexity index is 1430. The Labute approximate surface area is 236 Å². The van der Waals surface area contributed by atoms with Gasteiger partial charge in [0.05, 0.1) is 18.8 Å². The molecule has 0 bridgehead atoms. The Morgan fingerprint density at radius 3 is 2.50 bits per heavy atom. The lowest BCUT2D eigenvalue weighted by atomic mass is 9.96. The molecule has 0 fully saturated rings. The van der Waals surface area contributed by atoms with Crippen molar-refractivity contribution >= 4 is 23.9 Å². The van der Waals surface area contributed by atoms with Crippen molar-refractivity contribution in [3.8, 4) is 28.8 Å². The molecule has 0 aliphatic carbocycles. The van der Waals surface area contributed by atoms with Gasteiger partial charge in [0.1, 0.15) is 12.5 Å². The van der Waals surface area contributed by atoms with Gasteiger partial charge in [-0.15, -0.1) is 5.10 Å². The molecule has 3 rings (SSSR count). The van der Waals surface area contributed by atoms with Crippen LogP contribution in [0.4, 0.5) is 0 Å². The van der Waals surface area contributed by atoms with Crippen LogP contribution in [-0.2, 0) is 26.1 Å². The molecule has 0 radical (unpaired) electrons. The summed E-state index contributed by atoms with van der Waals surface area (Å²) in [5, 5.41) is 12.9. The van der Waals surface area contributed by atoms with Gasteiger partial charge in [-0.3, -0.25) is 4.79 Å². The number of pyridine rings is 1. The van der Waals surface area contributed by atoms with Crippen molar-refractivity contribution in [3.05, 3.63) is 42.1 Å². The molecule has 3 aromatic rings. The van der Waals surface area contributed by atoms with E-state index in [2.05, 4.69) is 34.7 Å². The zero-order valence-electron chi connectivity index (χ0n) is 24.0. The van der Waals surface area contributed by atoms with E-state index in [0.717, 1.165) is 22.7 Å². The Kier molecular flexibility index (Phi) is 10.1. The molecule has 2 heterocycles. The molecular formula is C27H38N4O7SSi. The van der Waals surface area contributed by atoms with E-state index >= 15 is 0 Å². The zero-order valence-corrected chi connectivity index (χ0v) is 25.9. The standard InChI is InChI=1S/C27H38N4O7SSi/c1-18(2)21-9-8-10-22(20-11-12-28-23(15-20)36-4)24(21)38-27-29-26(39(34,35)16-19(3)25(32)33)30-31(27)17-37-13-14-40(5,6)7/h8-12,15,18-19H,13-14,16-17H2,1-7H3,(H,32,33). The number of carboxylic acids is 1. The highest BCUT2D eigenvalue weighted by atomic mass is 32.2. The number of carbonyl (C=O) groups is 1. The third kappa shape index (κ3) is 8.12. The number of sulfone groups is 1. The predicted octanol–water partition coefficient (Wildman–Crippen LogP) is 5.07. The number of hydrogen-bond acceptors (Lipinski definition) is 9. The SMILES string of the molecule is COc1cc(-c2cccc(C(C)C)c2Oc2nc(S(=O)(=O)CC(C)C(=O)O)nn2COCC[Si](C)(C)C)ccn1. The number of hydrogen-bond donors (Lipinski definition) is 1. The monoisotopic (exact) mass is 590 g/mol. The molecule has 218 valence electrons. The van der Waals surface area contributed by atoms with Gasteiger partial charge in [0.2, 0.25) is 15.7 Å². The Hall–Kier alpha value is -3.29. The van der Waals surface area contributed by atoms with Gasteiger partial charge >= 0.3 is 12.0 Å². The minimum atomic E-state index is -4.13. The van der Waals surface area contributed by atoms with Crippen LogP contribution < -0.4 is 9.47 Å². The summed E-state index contributed by atoms with van der Waals surface area (Å²) in [5.74, 6) is -2.04. The molecule has 13 heteroatoms. The number of rotatable bonds is 14. The number of carboxylic acid groups (broad SMARTS) is 1. The summed E-state index contributed by atoms with van der Waals surface area (Å²) in [4.78, 5) is 19.7. The van der Waals surface area contributed by atoms with Crippen LogP contribution in [0.3, 0.4) is 0 Å². The average molecular weight is 591 g/mol. The summed E-state index contributed by atoms with van der Waals surface area (Å²) in [5.41, 5.74) is 2.38. The molecule has 0 aliphatic heterocycles. The summed E-state index contributed by atoms with van der Waals surface area (Å²) in [6, 6.07) is 10.2. The first-order valence-corrected chi connectivity index (χ1v) is 18.4. The van der Waals surface area contributed by atoms with E-state index < -0.39 is 40.7 Å². The fourth-order valence-electron chi connectivity index (χ4n) is 3.73. The van der Waals surface area contributed by atoms with Crippen LogP contribution in [0.15, 0.2) is 41.7 Å². The van der Waals surface area contributed by atoms with E-state index in [1.807, 2.05) is 38.1 Å². The number of nitrogens with zero attached hydrogens (tertiary/aromatic N) is 4. The lowest BCUT2D eigenvalue weighted by molar-refractivity contribution is -0.140. The zero-order chi connectivity index (χ0) is 29.7. The quantitative estimate of drug-likeness (QED) is 0.200. The highest BCUT2D eigenvalue weighted by molar-refractivity contribution is 7.91. The second-order valence-electron chi connectivity index (χ2n) is 11.1. The molecule has 0 aliphatic rings. The highest BCUT2D eigenvalue weighted by Gasteiger charge is 2.29. The first-order chi connectivity index (χ1) is 18.7. The topological polar surface area (TPSA) is 143 Å². The Morgan fingerprint density at radius 1 is 1.15 bits per heavy atom. The van der Waals surface area contributed by atoms with Crippen molar-refractivity contribution in [3.63, 3.8) is 0 Å². The second kappa shape index (κ2) is 12.9. The molecule has 0 saturated carbocycles.